The van der Waals surface area contributed by atoms with Crippen LogP contribution in [0.25, 0.3) is 0 Å². The lowest BCUT2D eigenvalue weighted by molar-refractivity contribution is 0.0497. The lowest BCUT2D eigenvalue weighted by Crippen LogP contribution is -2.49. The van der Waals surface area contributed by atoms with Gasteiger partial charge in [-0.3, -0.25) is 4.79 Å². The Kier molecular flexibility index (Phi) is 4.32. The van der Waals surface area contributed by atoms with Crippen LogP contribution >= 0.6 is 0 Å². The first kappa shape index (κ1) is 16.0. The molecule has 5 nitrogen and oxygen atoms in total. The van der Waals surface area contributed by atoms with Crippen LogP contribution in [0.1, 0.15) is 22.0 Å². The number of amides is 1. The molecule has 25 heavy (non-hydrogen) atoms. The van der Waals surface area contributed by atoms with E-state index in [1.54, 1.807) is 6.07 Å². The molecule has 2 aliphatic heterocycles. The summed E-state index contributed by atoms with van der Waals surface area (Å²) in [6.07, 6.45) is 0. The monoisotopic (exact) mass is 338 g/mol. The Labute approximate surface area is 147 Å². The molecule has 2 aliphatic rings. The van der Waals surface area contributed by atoms with Crippen molar-refractivity contribution in [2.24, 2.45) is 0 Å². The van der Waals surface area contributed by atoms with E-state index in [0.717, 1.165) is 13.1 Å². The lowest BCUT2D eigenvalue weighted by Gasteiger charge is -2.40. The highest BCUT2D eigenvalue weighted by Gasteiger charge is 2.31. The minimum atomic E-state index is 0.0407. The molecule has 0 aromatic heterocycles. The summed E-state index contributed by atoms with van der Waals surface area (Å²) in [5.74, 6) is 1.40. The van der Waals surface area contributed by atoms with E-state index in [9.17, 15) is 4.79 Å². The van der Waals surface area contributed by atoms with Gasteiger partial charge in [0.05, 0.1) is 6.04 Å². The molecule has 5 heteroatoms. The van der Waals surface area contributed by atoms with Gasteiger partial charge >= 0.3 is 0 Å². The molecule has 0 radical (unpaired) electrons. The van der Waals surface area contributed by atoms with Crippen LogP contribution in [0, 0.1) is 0 Å². The fraction of sp³-hybridized carbons (Fsp3) is 0.350. The number of fused-ring (bicyclic) bond motifs is 1. The number of hydrogen-bond donors (Lipinski definition) is 0. The molecule has 0 N–H and O–H groups in total. The van der Waals surface area contributed by atoms with E-state index < -0.39 is 0 Å². The van der Waals surface area contributed by atoms with Crippen LogP contribution in [0.5, 0.6) is 11.5 Å². The SMILES string of the molecule is CN1CCN(C(=O)c2ccc3c(c2)OCCO3)[C@H](c2ccccc2)C1. The number of hydrogen-bond acceptors (Lipinski definition) is 4. The Bertz CT molecular complexity index is 763. The third-order valence-electron chi connectivity index (χ3n) is 4.82. The molecule has 1 atom stereocenters. The summed E-state index contributed by atoms with van der Waals surface area (Å²) < 4.78 is 11.2. The van der Waals surface area contributed by atoms with Gasteiger partial charge in [0.1, 0.15) is 13.2 Å². The maximum absolute atomic E-state index is 13.2. The van der Waals surface area contributed by atoms with E-state index in [0.29, 0.717) is 36.8 Å². The van der Waals surface area contributed by atoms with Crippen molar-refractivity contribution >= 4 is 5.91 Å². The first-order valence-electron chi connectivity index (χ1n) is 8.66. The highest BCUT2D eigenvalue weighted by atomic mass is 16.6. The third kappa shape index (κ3) is 3.20. The number of nitrogens with zero attached hydrogens (tertiary/aromatic N) is 2. The number of piperazine rings is 1. The molecule has 1 amide bonds. The normalized spacial score (nSPS) is 20.4. The molecule has 4 rings (SSSR count). The van der Waals surface area contributed by atoms with E-state index in [2.05, 4.69) is 24.1 Å². The van der Waals surface area contributed by atoms with Gasteiger partial charge in [0, 0.05) is 25.2 Å². The topological polar surface area (TPSA) is 42.0 Å². The highest BCUT2D eigenvalue weighted by molar-refractivity contribution is 5.95. The molecule has 2 aromatic carbocycles. The maximum Gasteiger partial charge on any atom is 0.254 e. The van der Waals surface area contributed by atoms with E-state index in [-0.39, 0.29) is 11.9 Å². The van der Waals surface area contributed by atoms with Crippen molar-refractivity contribution in [3.8, 4) is 11.5 Å². The Morgan fingerprint density at radius 2 is 1.76 bits per heavy atom. The van der Waals surface area contributed by atoms with Gasteiger partial charge in [-0.25, -0.2) is 0 Å². The number of benzene rings is 2. The Balaban J connectivity index is 1.63. The largest absolute Gasteiger partial charge is 0.486 e. The minimum Gasteiger partial charge on any atom is -0.486 e. The number of rotatable bonds is 2. The molecule has 0 saturated carbocycles. The van der Waals surface area contributed by atoms with Crippen LogP contribution in [0.4, 0.5) is 0 Å². The van der Waals surface area contributed by atoms with Crippen molar-refractivity contribution in [3.05, 3.63) is 59.7 Å². The summed E-state index contributed by atoms with van der Waals surface area (Å²) in [7, 11) is 2.10. The maximum atomic E-state index is 13.2. The van der Waals surface area contributed by atoms with Gasteiger partial charge in [-0.1, -0.05) is 30.3 Å². The van der Waals surface area contributed by atoms with Gasteiger partial charge in [-0.15, -0.1) is 0 Å². The second kappa shape index (κ2) is 6.76. The Hall–Kier alpha value is -2.53. The quantitative estimate of drug-likeness (QED) is 0.844. The van der Waals surface area contributed by atoms with Crippen LogP contribution in [0.15, 0.2) is 48.5 Å². The molecule has 1 fully saturated rings. The van der Waals surface area contributed by atoms with Gasteiger partial charge in [-0.2, -0.15) is 0 Å². The number of ether oxygens (including phenoxy) is 2. The summed E-state index contributed by atoms with van der Waals surface area (Å²) in [4.78, 5) is 17.4. The third-order valence-corrected chi connectivity index (χ3v) is 4.82. The highest BCUT2D eigenvalue weighted by Crippen LogP contribution is 2.33. The average molecular weight is 338 g/mol. The van der Waals surface area contributed by atoms with Gasteiger partial charge in [-0.05, 0) is 30.8 Å². The average Bonchev–Trinajstić information content (AvgIpc) is 2.67. The molecule has 2 heterocycles. The van der Waals surface area contributed by atoms with Crippen molar-refractivity contribution in [2.75, 3.05) is 39.9 Å². The van der Waals surface area contributed by atoms with Crippen LogP contribution in [-0.2, 0) is 0 Å². The fourth-order valence-corrected chi connectivity index (χ4v) is 3.47. The van der Waals surface area contributed by atoms with Crippen molar-refractivity contribution in [1.82, 2.24) is 9.80 Å². The molecule has 0 aliphatic carbocycles. The van der Waals surface area contributed by atoms with E-state index >= 15 is 0 Å². The number of carbonyl (C=O) groups is 1. The van der Waals surface area contributed by atoms with Crippen LogP contribution in [0.3, 0.4) is 0 Å². The number of carbonyl (C=O) groups excluding carboxylic acids is 1. The van der Waals surface area contributed by atoms with Crippen molar-refractivity contribution in [2.45, 2.75) is 6.04 Å². The van der Waals surface area contributed by atoms with Crippen molar-refractivity contribution in [3.63, 3.8) is 0 Å². The zero-order valence-corrected chi connectivity index (χ0v) is 14.4. The second-order valence-electron chi connectivity index (χ2n) is 6.55. The zero-order valence-electron chi connectivity index (χ0n) is 14.4. The lowest BCUT2D eigenvalue weighted by atomic mass is 10.0. The summed E-state index contributed by atoms with van der Waals surface area (Å²) in [5.41, 5.74) is 1.81. The van der Waals surface area contributed by atoms with Crippen molar-refractivity contribution in [1.29, 1.82) is 0 Å². The smallest absolute Gasteiger partial charge is 0.254 e. The fourth-order valence-electron chi connectivity index (χ4n) is 3.47. The van der Waals surface area contributed by atoms with Crippen molar-refractivity contribution < 1.29 is 14.3 Å². The van der Waals surface area contributed by atoms with Crippen LogP contribution < -0.4 is 9.47 Å². The summed E-state index contributed by atoms with van der Waals surface area (Å²) in [6.45, 7) is 3.49. The molecular weight excluding hydrogens is 316 g/mol. The molecule has 0 spiro atoms. The molecule has 130 valence electrons. The molecule has 0 unspecified atom stereocenters. The molecule has 1 saturated heterocycles. The first-order chi connectivity index (χ1) is 12.2. The van der Waals surface area contributed by atoms with Gasteiger partial charge < -0.3 is 19.3 Å². The standard InChI is InChI=1S/C20H22N2O3/c1-21-9-10-22(17(14-21)15-5-3-2-4-6-15)20(23)16-7-8-18-19(13-16)25-12-11-24-18/h2-8,13,17H,9-12,14H2,1H3/t17-/m0/s1. The second-order valence-corrected chi connectivity index (χ2v) is 6.55. The Morgan fingerprint density at radius 3 is 2.56 bits per heavy atom. The summed E-state index contributed by atoms with van der Waals surface area (Å²) in [5, 5.41) is 0. The molecular formula is C20H22N2O3. The predicted octanol–water partition coefficient (Wildman–Crippen LogP) is 2.59. The number of likely N-dealkylation sites (N-methyl/N-ethyl adjacent to an activating group) is 1. The first-order valence-corrected chi connectivity index (χ1v) is 8.66. The minimum absolute atomic E-state index is 0.0407. The summed E-state index contributed by atoms with van der Waals surface area (Å²) >= 11 is 0. The van der Waals surface area contributed by atoms with E-state index in [4.69, 9.17) is 9.47 Å². The Morgan fingerprint density at radius 1 is 1.00 bits per heavy atom. The predicted molar refractivity (Wildman–Crippen MR) is 95.1 cm³/mol. The molecule has 0 bridgehead atoms. The summed E-state index contributed by atoms with van der Waals surface area (Å²) in [6, 6.07) is 15.8. The van der Waals surface area contributed by atoms with Gasteiger partial charge in [0.25, 0.3) is 5.91 Å². The molecule has 2 aromatic rings. The van der Waals surface area contributed by atoms with Crippen LogP contribution in [-0.4, -0.2) is 55.6 Å². The van der Waals surface area contributed by atoms with E-state index in [1.807, 2.05) is 35.2 Å². The van der Waals surface area contributed by atoms with Gasteiger partial charge in [0.15, 0.2) is 11.5 Å². The van der Waals surface area contributed by atoms with E-state index in [1.165, 1.54) is 5.56 Å². The van der Waals surface area contributed by atoms with Gasteiger partial charge in [0.2, 0.25) is 0 Å². The zero-order chi connectivity index (χ0) is 17.2. The van der Waals surface area contributed by atoms with Crippen LogP contribution in [0.2, 0.25) is 0 Å².